The summed E-state index contributed by atoms with van der Waals surface area (Å²) in [5, 5.41) is 0. The van der Waals surface area contributed by atoms with Crippen LogP contribution in [0.4, 0.5) is 0 Å². The number of allylic oxidation sites excluding steroid dienone is 2. The van der Waals surface area contributed by atoms with Gasteiger partial charge in [-0.1, -0.05) is 49.4 Å². The summed E-state index contributed by atoms with van der Waals surface area (Å²) in [7, 11) is 0. The lowest BCUT2D eigenvalue weighted by atomic mass is 9.70. The zero-order valence-corrected chi connectivity index (χ0v) is 10.1. The highest BCUT2D eigenvalue weighted by molar-refractivity contribution is 5.97. The standard InChI is InChI=1S/C15H14O3/c1-9-7-8-11(10-5-3-2-4-6-10)13-12(9)14(16)18-15(13)17/h2-9,11-13H,1H3. The van der Waals surface area contributed by atoms with Crippen molar-refractivity contribution < 1.29 is 14.3 Å². The number of carbonyl (C=O) groups is 2. The van der Waals surface area contributed by atoms with Crippen molar-refractivity contribution >= 4 is 11.9 Å². The summed E-state index contributed by atoms with van der Waals surface area (Å²) in [6.45, 7) is 1.95. The molecule has 18 heavy (non-hydrogen) atoms. The number of ether oxygens (including phenoxy) is 1. The molecule has 1 saturated heterocycles. The minimum atomic E-state index is -0.380. The third kappa shape index (κ3) is 1.58. The summed E-state index contributed by atoms with van der Waals surface area (Å²) < 4.78 is 4.81. The number of carbonyl (C=O) groups excluding carboxylic acids is 2. The van der Waals surface area contributed by atoms with E-state index >= 15 is 0 Å². The molecule has 0 aromatic heterocycles. The van der Waals surface area contributed by atoms with Gasteiger partial charge >= 0.3 is 11.9 Å². The monoisotopic (exact) mass is 242 g/mol. The van der Waals surface area contributed by atoms with Crippen molar-refractivity contribution in [1.82, 2.24) is 0 Å². The van der Waals surface area contributed by atoms with E-state index in [9.17, 15) is 9.59 Å². The molecule has 0 saturated carbocycles. The van der Waals surface area contributed by atoms with Crippen LogP contribution in [0, 0.1) is 17.8 Å². The molecule has 3 heteroatoms. The van der Waals surface area contributed by atoms with Gasteiger partial charge in [-0.05, 0) is 11.5 Å². The van der Waals surface area contributed by atoms with Gasteiger partial charge in [0.05, 0.1) is 11.8 Å². The van der Waals surface area contributed by atoms with E-state index in [1.54, 1.807) is 0 Å². The maximum atomic E-state index is 11.9. The van der Waals surface area contributed by atoms with Gasteiger partial charge in [0.15, 0.2) is 0 Å². The van der Waals surface area contributed by atoms with Gasteiger partial charge in [0.1, 0.15) is 0 Å². The number of fused-ring (bicyclic) bond motifs is 1. The highest BCUT2D eigenvalue weighted by Gasteiger charge is 2.51. The first kappa shape index (κ1) is 11.2. The summed E-state index contributed by atoms with van der Waals surface area (Å²) in [6, 6.07) is 9.79. The Hall–Kier alpha value is -1.90. The third-order valence-corrected chi connectivity index (χ3v) is 3.89. The van der Waals surface area contributed by atoms with Crippen molar-refractivity contribution in [1.29, 1.82) is 0 Å². The van der Waals surface area contributed by atoms with E-state index in [1.165, 1.54) is 0 Å². The molecule has 0 N–H and O–H groups in total. The van der Waals surface area contributed by atoms with Crippen LogP contribution in [0.5, 0.6) is 0 Å². The summed E-state index contributed by atoms with van der Waals surface area (Å²) in [6.07, 6.45) is 4.04. The smallest absolute Gasteiger partial charge is 0.318 e. The fraction of sp³-hybridized carbons (Fsp3) is 0.333. The van der Waals surface area contributed by atoms with Crippen LogP contribution < -0.4 is 0 Å². The molecule has 0 amide bonds. The number of benzene rings is 1. The van der Waals surface area contributed by atoms with E-state index in [0.29, 0.717) is 0 Å². The maximum absolute atomic E-state index is 11.9. The summed E-state index contributed by atoms with van der Waals surface area (Å²) in [5.74, 6) is -1.43. The van der Waals surface area contributed by atoms with Crippen LogP contribution in [-0.2, 0) is 14.3 Å². The Morgan fingerprint density at radius 1 is 0.944 bits per heavy atom. The van der Waals surface area contributed by atoms with E-state index in [0.717, 1.165) is 5.56 Å². The highest BCUT2D eigenvalue weighted by atomic mass is 16.6. The highest BCUT2D eigenvalue weighted by Crippen LogP contribution is 2.44. The van der Waals surface area contributed by atoms with Crippen LogP contribution in [0.3, 0.4) is 0 Å². The SMILES string of the molecule is CC1C=CC(c2ccccc2)C2C(=O)OC(=O)C12. The summed E-state index contributed by atoms with van der Waals surface area (Å²) in [5.41, 5.74) is 1.06. The van der Waals surface area contributed by atoms with Gasteiger partial charge in [-0.15, -0.1) is 0 Å². The van der Waals surface area contributed by atoms with Gasteiger partial charge in [0, 0.05) is 5.92 Å². The van der Waals surface area contributed by atoms with Crippen molar-refractivity contribution in [3.05, 3.63) is 48.0 Å². The number of esters is 2. The van der Waals surface area contributed by atoms with Gasteiger partial charge in [0.25, 0.3) is 0 Å². The van der Waals surface area contributed by atoms with Gasteiger partial charge in [0.2, 0.25) is 0 Å². The quantitative estimate of drug-likeness (QED) is 0.431. The van der Waals surface area contributed by atoms with Crippen LogP contribution in [0.2, 0.25) is 0 Å². The van der Waals surface area contributed by atoms with Crippen molar-refractivity contribution in [3.63, 3.8) is 0 Å². The average molecular weight is 242 g/mol. The molecule has 1 aliphatic heterocycles. The lowest BCUT2D eigenvalue weighted by molar-refractivity contribution is -0.154. The normalized spacial score (nSPS) is 34.3. The second-order valence-corrected chi connectivity index (χ2v) is 4.97. The van der Waals surface area contributed by atoms with Crippen molar-refractivity contribution in [2.45, 2.75) is 12.8 Å². The van der Waals surface area contributed by atoms with Crippen molar-refractivity contribution in [2.75, 3.05) is 0 Å². The number of rotatable bonds is 1. The second kappa shape index (κ2) is 4.09. The fourth-order valence-corrected chi connectivity index (χ4v) is 2.97. The zero-order valence-electron chi connectivity index (χ0n) is 10.1. The number of hydrogen-bond donors (Lipinski definition) is 0. The minimum Gasteiger partial charge on any atom is -0.393 e. The Bertz CT molecular complexity index is 518. The maximum Gasteiger partial charge on any atom is 0.318 e. The molecule has 3 rings (SSSR count). The molecule has 2 aliphatic rings. The van der Waals surface area contributed by atoms with Crippen LogP contribution in [-0.4, -0.2) is 11.9 Å². The largest absolute Gasteiger partial charge is 0.393 e. The summed E-state index contributed by atoms with van der Waals surface area (Å²) >= 11 is 0. The van der Waals surface area contributed by atoms with Crippen LogP contribution in [0.1, 0.15) is 18.4 Å². The lowest BCUT2D eigenvalue weighted by Gasteiger charge is -2.29. The third-order valence-electron chi connectivity index (χ3n) is 3.89. The lowest BCUT2D eigenvalue weighted by Crippen LogP contribution is -2.31. The van der Waals surface area contributed by atoms with E-state index in [4.69, 9.17) is 4.74 Å². The number of cyclic esters (lactones) is 2. The molecule has 0 radical (unpaired) electrons. The Balaban J connectivity index is 2.04. The second-order valence-electron chi connectivity index (χ2n) is 4.97. The van der Waals surface area contributed by atoms with Gasteiger partial charge in [-0.3, -0.25) is 9.59 Å². The first-order valence-electron chi connectivity index (χ1n) is 6.17. The van der Waals surface area contributed by atoms with Crippen molar-refractivity contribution in [2.24, 2.45) is 17.8 Å². The molecule has 4 atom stereocenters. The Labute approximate surface area is 105 Å². The predicted molar refractivity (Wildman–Crippen MR) is 65.6 cm³/mol. The van der Waals surface area contributed by atoms with Gasteiger partial charge in [-0.2, -0.15) is 0 Å². The topological polar surface area (TPSA) is 43.4 Å². The van der Waals surface area contributed by atoms with Gasteiger partial charge < -0.3 is 4.74 Å². The van der Waals surface area contributed by atoms with E-state index < -0.39 is 0 Å². The zero-order chi connectivity index (χ0) is 12.7. The molecular formula is C15H14O3. The Morgan fingerprint density at radius 2 is 1.61 bits per heavy atom. The molecule has 3 nitrogen and oxygen atoms in total. The van der Waals surface area contributed by atoms with Crippen LogP contribution in [0.15, 0.2) is 42.5 Å². The van der Waals surface area contributed by atoms with Crippen molar-refractivity contribution in [3.8, 4) is 0 Å². The molecule has 1 aromatic carbocycles. The van der Waals surface area contributed by atoms with E-state index in [1.807, 2.05) is 49.4 Å². The van der Waals surface area contributed by atoms with Crippen LogP contribution >= 0.6 is 0 Å². The first-order chi connectivity index (χ1) is 8.68. The van der Waals surface area contributed by atoms with Crippen LogP contribution in [0.25, 0.3) is 0 Å². The molecular weight excluding hydrogens is 228 g/mol. The average Bonchev–Trinajstić information content (AvgIpc) is 2.68. The van der Waals surface area contributed by atoms with E-state index in [2.05, 4.69) is 0 Å². The van der Waals surface area contributed by atoms with E-state index in [-0.39, 0.29) is 35.6 Å². The fourth-order valence-electron chi connectivity index (χ4n) is 2.97. The first-order valence-corrected chi connectivity index (χ1v) is 6.17. The molecule has 1 aliphatic carbocycles. The predicted octanol–water partition coefficient (Wildman–Crippen LogP) is 2.29. The molecule has 92 valence electrons. The number of hydrogen-bond acceptors (Lipinski definition) is 3. The molecule has 1 fully saturated rings. The minimum absolute atomic E-state index is 0.0497. The molecule has 0 spiro atoms. The molecule has 1 heterocycles. The van der Waals surface area contributed by atoms with Gasteiger partial charge in [-0.25, -0.2) is 0 Å². The molecule has 0 bridgehead atoms. The Kier molecular flexibility index (Phi) is 2.54. The molecule has 1 aromatic rings. The Morgan fingerprint density at radius 3 is 2.33 bits per heavy atom. The molecule has 4 unspecified atom stereocenters. The summed E-state index contributed by atoms with van der Waals surface area (Å²) in [4.78, 5) is 23.6.